The van der Waals surface area contributed by atoms with Crippen molar-refractivity contribution in [1.29, 1.82) is 0 Å². The first-order valence-electron chi connectivity index (χ1n) is 3.89. The summed E-state index contributed by atoms with van der Waals surface area (Å²) in [4.78, 5) is 10.9. The quantitative estimate of drug-likeness (QED) is 0.680. The fourth-order valence-electron chi connectivity index (χ4n) is 0.925. The monoisotopic (exact) mass is 168 g/mol. The second kappa shape index (κ2) is 3.90. The Morgan fingerprint density at radius 1 is 1.75 bits per heavy atom. The summed E-state index contributed by atoms with van der Waals surface area (Å²) in [6, 6.07) is 1.83. The van der Waals surface area contributed by atoms with Gasteiger partial charge in [0.2, 0.25) is 0 Å². The maximum absolute atomic E-state index is 10.9. The van der Waals surface area contributed by atoms with Crippen LogP contribution in [0, 0.1) is 6.92 Å². The van der Waals surface area contributed by atoms with Crippen LogP contribution < -0.4 is 0 Å². The van der Waals surface area contributed by atoms with Crippen molar-refractivity contribution in [2.24, 2.45) is 0 Å². The number of carbonyl (C=O) groups is 1. The molecule has 0 aromatic carbocycles. The number of aromatic amines is 1. The molecule has 0 aliphatic rings. The summed E-state index contributed by atoms with van der Waals surface area (Å²) in [5.41, 5.74) is 1.68. The molecule has 0 radical (unpaired) electrons. The number of H-pyrrole nitrogens is 1. The first-order chi connectivity index (χ1) is 5.72. The molecular weight excluding hydrogens is 156 g/mol. The van der Waals surface area contributed by atoms with Crippen LogP contribution in [0.25, 0.3) is 0 Å². The van der Waals surface area contributed by atoms with Gasteiger partial charge in [0.05, 0.1) is 18.7 Å². The lowest BCUT2D eigenvalue weighted by molar-refractivity contribution is -0.142. The van der Waals surface area contributed by atoms with E-state index in [0.717, 1.165) is 11.4 Å². The Balaban J connectivity index is 2.46. The Hall–Kier alpha value is -1.32. The van der Waals surface area contributed by atoms with Gasteiger partial charge in [-0.05, 0) is 19.9 Å². The number of aryl methyl sites for hydroxylation is 1. The molecule has 12 heavy (non-hydrogen) atoms. The van der Waals surface area contributed by atoms with Gasteiger partial charge >= 0.3 is 5.97 Å². The van der Waals surface area contributed by atoms with Crippen LogP contribution in [0.1, 0.15) is 18.3 Å². The molecule has 1 aromatic rings. The summed E-state index contributed by atoms with van der Waals surface area (Å²) in [6.45, 7) is 4.09. The van der Waals surface area contributed by atoms with Gasteiger partial charge in [0.15, 0.2) is 0 Å². The van der Waals surface area contributed by atoms with Gasteiger partial charge in [0.25, 0.3) is 0 Å². The zero-order chi connectivity index (χ0) is 8.97. The average Bonchev–Trinajstić information content (AvgIpc) is 2.36. The van der Waals surface area contributed by atoms with Crippen molar-refractivity contribution in [3.8, 4) is 0 Å². The number of hydrogen-bond acceptors (Lipinski definition) is 3. The summed E-state index contributed by atoms with van der Waals surface area (Å²) in [6.07, 6.45) is 0.248. The minimum atomic E-state index is -0.232. The summed E-state index contributed by atoms with van der Waals surface area (Å²) in [7, 11) is 0. The van der Waals surface area contributed by atoms with E-state index in [1.807, 2.05) is 13.0 Å². The maximum Gasteiger partial charge on any atom is 0.311 e. The Kier molecular flexibility index (Phi) is 2.85. The molecule has 1 heterocycles. The average molecular weight is 168 g/mol. The van der Waals surface area contributed by atoms with Crippen LogP contribution in [0.2, 0.25) is 0 Å². The smallest absolute Gasteiger partial charge is 0.311 e. The van der Waals surface area contributed by atoms with Crippen molar-refractivity contribution in [2.45, 2.75) is 20.3 Å². The molecule has 4 heteroatoms. The molecule has 4 nitrogen and oxygen atoms in total. The van der Waals surface area contributed by atoms with Crippen LogP contribution in [-0.4, -0.2) is 22.8 Å². The van der Waals surface area contributed by atoms with Crippen molar-refractivity contribution < 1.29 is 9.53 Å². The van der Waals surface area contributed by atoms with E-state index in [4.69, 9.17) is 4.74 Å². The number of aromatic nitrogens is 2. The minimum absolute atomic E-state index is 0.232. The van der Waals surface area contributed by atoms with Crippen LogP contribution in [0.5, 0.6) is 0 Å². The normalized spacial score (nSPS) is 9.83. The van der Waals surface area contributed by atoms with Crippen LogP contribution in [0.15, 0.2) is 6.07 Å². The Labute approximate surface area is 70.9 Å². The molecule has 0 saturated heterocycles. The van der Waals surface area contributed by atoms with E-state index in [1.165, 1.54) is 0 Å². The third kappa shape index (κ3) is 2.38. The van der Waals surface area contributed by atoms with E-state index in [2.05, 4.69) is 10.2 Å². The lowest BCUT2D eigenvalue weighted by atomic mass is 10.3. The highest BCUT2D eigenvalue weighted by molar-refractivity contribution is 5.71. The van der Waals surface area contributed by atoms with Gasteiger partial charge in [0.1, 0.15) is 0 Å². The number of ether oxygens (including phenoxy) is 1. The van der Waals surface area contributed by atoms with E-state index >= 15 is 0 Å². The van der Waals surface area contributed by atoms with Gasteiger partial charge in [-0.1, -0.05) is 0 Å². The second-order valence-electron chi connectivity index (χ2n) is 2.52. The highest BCUT2D eigenvalue weighted by atomic mass is 16.5. The summed E-state index contributed by atoms with van der Waals surface area (Å²) in [5.74, 6) is -0.232. The van der Waals surface area contributed by atoms with E-state index < -0.39 is 0 Å². The van der Waals surface area contributed by atoms with E-state index in [0.29, 0.717) is 6.61 Å². The molecular formula is C8H12N2O2. The van der Waals surface area contributed by atoms with Gasteiger partial charge < -0.3 is 4.74 Å². The van der Waals surface area contributed by atoms with Crippen LogP contribution in [0.4, 0.5) is 0 Å². The van der Waals surface area contributed by atoms with Crippen molar-refractivity contribution in [3.05, 3.63) is 17.5 Å². The molecule has 66 valence electrons. The fourth-order valence-corrected chi connectivity index (χ4v) is 0.925. The standard InChI is InChI=1S/C8H12N2O2/c1-3-12-8(11)5-7-4-6(2)9-10-7/h4H,3,5H2,1-2H3,(H,9,10). The highest BCUT2D eigenvalue weighted by Crippen LogP contribution is 1.99. The van der Waals surface area contributed by atoms with Gasteiger partial charge in [-0.3, -0.25) is 9.89 Å². The molecule has 0 aliphatic carbocycles. The number of carbonyl (C=O) groups excluding carboxylic acids is 1. The topological polar surface area (TPSA) is 55.0 Å². The number of nitrogens with one attached hydrogen (secondary N) is 1. The molecule has 0 bridgehead atoms. The first-order valence-corrected chi connectivity index (χ1v) is 3.89. The third-order valence-electron chi connectivity index (χ3n) is 1.39. The third-order valence-corrected chi connectivity index (χ3v) is 1.39. The van der Waals surface area contributed by atoms with Crippen molar-refractivity contribution in [3.63, 3.8) is 0 Å². The predicted octanol–water partition coefficient (Wildman–Crippen LogP) is 0.824. The molecule has 1 aromatic heterocycles. The van der Waals surface area contributed by atoms with Crippen molar-refractivity contribution >= 4 is 5.97 Å². The Morgan fingerprint density at radius 2 is 2.50 bits per heavy atom. The molecule has 0 aliphatic heterocycles. The SMILES string of the molecule is CCOC(=O)Cc1cc(C)[nH]n1. The lowest BCUT2D eigenvalue weighted by Crippen LogP contribution is -2.07. The Morgan fingerprint density at radius 3 is 3.00 bits per heavy atom. The number of nitrogens with zero attached hydrogens (tertiary/aromatic N) is 1. The minimum Gasteiger partial charge on any atom is -0.466 e. The van der Waals surface area contributed by atoms with Gasteiger partial charge in [0, 0.05) is 5.69 Å². The highest BCUT2D eigenvalue weighted by Gasteiger charge is 2.05. The number of esters is 1. The van der Waals surface area contributed by atoms with Crippen molar-refractivity contribution in [2.75, 3.05) is 6.61 Å². The first kappa shape index (κ1) is 8.77. The summed E-state index contributed by atoms with van der Waals surface area (Å²) < 4.78 is 4.76. The molecule has 0 unspecified atom stereocenters. The van der Waals surface area contributed by atoms with Crippen molar-refractivity contribution in [1.82, 2.24) is 10.2 Å². The van der Waals surface area contributed by atoms with E-state index in [-0.39, 0.29) is 12.4 Å². The summed E-state index contributed by atoms with van der Waals surface area (Å²) >= 11 is 0. The number of rotatable bonds is 3. The van der Waals surface area contributed by atoms with Gasteiger partial charge in [-0.15, -0.1) is 0 Å². The summed E-state index contributed by atoms with van der Waals surface area (Å²) in [5, 5.41) is 6.67. The van der Waals surface area contributed by atoms with Crippen LogP contribution in [-0.2, 0) is 16.0 Å². The van der Waals surface area contributed by atoms with Gasteiger partial charge in [-0.2, -0.15) is 5.10 Å². The molecule has 1 rings (SSSR count). The largest absolute Gasteiger partial charge is 0.466 e. The molecule has 0 amide bonds. The van der Waals surface area contributed by atoms with E-state index in [1.54, 1.807) is 6.92 Å². The molecule has 0 spiro atoms. The second-order valence-corrected chi connectivity index (χ2v) is 2.52. The van der Waals surface area contributed by atoms with Crippen LogP contribution in [0.3, 0.4) is 0 Å². The zero-order valence-corrected chi connectivity index (χ0v) is 7.26. The molecule has 0 fully saturated rings. The molecule has 1 N–H and O–H groups in total. The lowest BCUT2D eigenvalue weighted by Gasteiger charge is -1.97. The number of hydrogen-bond donors (Lipinski definition) is 1. The molecule has 0 saturated carbocycles. The van der Waals surface area contributed by atoms with E-state index in [9.17, 15) is 4.79 Å². The zero-order valence-electron chi connectivity index (χ0n) is 7.26. The maximum atomic E-state index is 10.9. The van der Waals surface area contributed by atoms with Crippen LogP contribution >= 0.6 is 0 Å². The molecule has 0 atom stereocenters. The fraction of sp³-hybridized carbons (Fsp3) is 0.500. The predicted molar refractivity (Wildman–Crippen MR) is 43.7 cm³/mol. The van der Waals surface area contributed by atoms with Gasteiger partial charge in [-0.25, -0.2) is 0 Å². The Bertz CT molecular complexity index is 268.